The van der Waals surface area contributed by atoms with Gasteiger partial charge in [0.1, 0.15) is 0 Å². The Morgan fingerprint density at radius 2 is 2.20 bits per heavy atom. The van der Waals surface area contributed by atoms with Crippen molar-refractivity contribution in [3.05, 3.63) is 0 Å². The van der Waals surface area contributed by atoms with Gasteiger partial charge in [0.2, 0.25) is 0 Å². The molecule has 0 aromatic carbocycles. The molecule has 58 valence electrons. The van der Waals surface area contributed by atoms with E-state index in [1.165, 1.54) is 12.8 Å². The molecule has 0 amide bonds. The van der Waals surface area contributed by atoms with Crippen LogP contribution in [0.25, 0.3) is 0 Å². The number of nitrogens with zero attached hydrogens (tertiary/aromatic N) is 1. The van der Waals surface area contributed by atoms with Gasteiger partial charge in [-0.2, -0.15) is 0 Å². The lowest BCUT2D eigenvalue weighted by molar-refractivity contribution is -0.0605. The van der Waals surface area contributed by atoms with Gasteiger partial charge in [0.25, 0.3) is 0 Å². The van der Waals surface area contributed by atoms with E-state index < -0.39 is 0 Å². The summed E-state index contributed by atoms with van der Waals surface area (Å²) >= 11 is 0. The Kier molecular flexibility index (Phi) is 1.29. The first-order valence-corrected chi connectivity index (χ1v) is 4.10. The molecule has 1 spiro atoms. The third-order valence-electron chi connectivity index (χ3n) is 3.03. The number of likely N-dealkylation sites (tertiary alicyclic amines) is 1. The van der Waals surface area contributed by atoms with Gasteiger partial charge >= 0.3 is 0 Å². The standard InChI is InChI=1S/C8H15NO/c1-9-5-8(6-9)4-2-3-7(8)10/h7,10H,2-6H2,1H3. The second kappa shape index (κ2) is 1.95. The molecule has 0 aromatic rings. The van der Waals surface area contributed by atoms with Gasteiger partial charge in [-0.15, -0.1) is 0 Å². The molecule has 1 atom stereocenters. The van der Waals surface area contributed by atoms with E-state index in [0.29, 0.717) is 5.41 Å². The first kappa shape index (κ1) is 6.62. The van der Waals surface area contributed by atoms with Crippen LogP contribution < -0.4 is 0 Å². The maximum atomic E-state index is 9.59. The Bertz CT molecular complexity index is 140. The van der Waals surface area contributed by atoms with Gasteiger partial charge in [-0.25, -0.2) is 0 Å². The summed E-state index contributed by atoms with van der Waals surface area (Å²) < 4.78 is 0. The first-order chi connectivity index (χ1) is 4.73. The van der Waals surface area contributed by atoms with Crippen LogP contribution in [0.1, 0.15) is 19.3 Å². The lowest BCUT2D eigenvalue weighted by Gasteiger charge is -2.48. The zero-order valence-electron chi connectivity index (χ0n) is 6.51. The van der Waals surface area contributed by atoms with Crippen molar-refractivity contribution < 1.29 is 5.11 Å². The fourth-order valence-corrected chi connectivity index (χ4v) is 2.52. The molecule has 1 saturated carbocycles. The Morgan fingerprint density at radius 3 is 2.60 bits per heavy atom. The van der Waals surface area contributed by atoms with E-state index in [-0.39, 0.29) is 6.10 Å². The summed E-state index contributed by atoms with van der Waals surface area (Å²) in [6.07, 6.45) is 3.52. The van der Waals surface area contributed by atoms with Crippen LogP contribution in [-0.2, 0) is 0 Å². The molecule has 0 bridgehead atoms. The number of aliphatic hydroxyl groups excluding tert-OH is 1. The van der Waals surface area contributed by atoms with Crippen molar-refractivity contribution >= 4 is 0 Å². The van der Waals surface area contributed by atoms with Crippen molar-refractivity contribution in [3.8, 4) is 0 Å². The maximum Gasteiger partial charge on any atom is 0.0621 e. The van der Waals surface area contributed by atoms with Crippen LogP contribution in [0.2, 0.25) is 0 Å². The second-order valence-electron chi connectivity index (χ2n) is 3.94. The molecule has 2 rings (SSSR count). The van der Waals surface area contributed by atoms with Gasteiger partial charge in [-0.1, -0.05) is 6.42 Å². The summed E-state index contributed by atoms with van der Waals surface area (Å²) in [5.41, 5.74) is 0.328. The van der Waals surface area contributed by atoms with Crippen molar-refractivity contribution in [2.75, 3.05) is 20.1 Å². The van der Waals surface area contributed by atoms with Crippen LogP contribution in [0, 0.1) is 5.41 Å². The number of aliphatic hydroxyl groups is 1. The van der Waals surface area contributed by atoms with Crippen molar-refractivity contribution in [1.29, 1.82) is 0 Å². The molecule has 1 saturated heterocycles. The van der Waals surface area contributed by atoms with Gasteiger partial charge in [0.15, 0.2) is 0 Å². The van der Waals surface area contributed by atoms with Crippen LogP contribution in [0.15, 0.2) is 0 Å². The summed E-state index contributed by atoms with van der Waals surface area (Å²) in [4.78, 5) is 2.29. The first-order valence-electron chi connectivity index (χ1n) is 4.10. The molecular formula is C8H15NO. The summed E-state index contributed by atoms with van der Waals surface area (Å²) in [5.74, 6) is 0. The molecule has 10 heavy (non-hydrogen) atoms. The summed E-state index contributed by atoms with van der Waals surface area (Å²) in [5, 5.41) is 9.59. The van der Waals surface area contributed by atoms with E-state index in [9.17, 15) is 5.11 Å². The molecule has 2 heteroatoms. The van der Waals surface area contributed by atoms with E-state index in [1.807, 2.05) is 0 Å². The molecule has 1 unspecified atom stereocenters. The van der Waals surface area contributed by atoms with Gasteiger partial charge in [-0.3, -0.25) is 0 Å². The molecule has 1 heterocycles. The molecule has 0 radical (unpaired) electrons. The highest BCUT2D eigenvalue weighted by molar-refractivity contribution is 5.01. The van der Waals surface area contributed by atoms with E-state index in [4.69, 9.17) is 0 Å². The normalized spacial score (nSPS) is 38.4. The van der Waals surface area contributed by atoms with E-state index in [0.717, 1.165) is 19.5 Å². The van der Waals surface area contributed by atoms with Gasteiger partial charge in [-0.05, 0) is 19.9 Å². The van der Waals surface area contributed by atoms with Gasteiger partial charge in [0, 0.05) is 18.5 Å². The monoisotopic (exact) mass is 141 g/mol. The van der Waals surface area contributed by atoms with Crippen LogP contribution in [0.3, 0.4) is 0 Å². The Morgan fingerprint density at radius 1 is 1.50 bits per heavy atom. The molecule has 2 nitrogen and oxygen atoms in total. The lowest BCUT2D eigenvalue weighted by Crippen LogP contribution is -2.57. The fourth-order valence-electron chi connectivity index (χ4n) is 2.52. The lowest BCUT2D eigenvalue weighted by atomic mass is 9.77. The van der Waals surface area contributed by atoms with Crippen molar-refractivity contribution in [1.82, 2.24) is 4.90 Å². The highest BCUT2D eigenvalue weighted by Crippen LogP contribution is 2.44. The largest absolute Gasteiger partial charge is 0.392 e. The van der Waals surface area contributed by atoms with Crippen LogP contribution in [0.4, 0.5) is 0 Å². The molecule has 0 aromatic heterocycles. The third kappa shape index (κ3) is 0.722. The van der Waals surface area contributed by atoms with Crippen molar-refractivity contribution in [3.63, 3.8) is 0 Å². The minimum absolute atomic E-state index is 0.00343. The predicted molar refractivity (Wildman–Crippen MR) is 39.8 cm³/mol. The zero-order valence-corrected chi connectivity index (χ0v) is 6.51. The van der Waals surface area contributed by atoms with Crippen molar-refractivity contribution in [2.45, 2.75) is 25.4 Å². The Labute approximate surface area is 61.8 Å². The zero-order chi connectivity index (χ0) is 7.19. The van der Waals surface area contributed by atoms with Crippen LogP contribution in [-0.4, -0.2) is 36.2 Å². The van der Waals surface area contributed by atoms with Crippen LogP contribution in [0.5, 0.6) is 0 Å². The molecule has 2 aliphatic rings. The second-order valence-corrected chi connectivity index (χ2v) is 3.94. The minimum Gasteiger partial charge on any atom is -0.392 e. The average molecular weight is 141 g/mol. The molecule has 2 fully saturated rings. The Hall–Kier alpha value is -0.0800. The smallest absolute Gasteiger partial charge is 0.0621 e. The highest BCUT2D eigenvalue weighted by Gasteiger charge is 2.49. The number of hydrogen-bond donors (Lipinski definition) is 1. The topological polar surface area (TPSA) is 23.5 Å². The Balaban J connectivity index is 2.03. The maximum absolute atomic E-state index is 9.59. The van der Waals surface area contributed by atoms with Crippen molar-refractivity contribution in [2.24, 2.45) is 5.41 Å². The summed E-state index contributed by atoms with van der Waals surface area (Å²) in [7, 11) is 2.12. The van der Waals surface area contributed by atoms with Crippen LogP contribution >= 0.6 is 0 Å². The summed E-state index contributed by atoms with van der Waals surface area (Å²) in [6.45, 7) is 2.24. The third-order valence-corrected chi connectivity index (χ3v) is 3.03. The predicted octanol–water partition coefficient (Wildman–Crippen LogP) is 0.463. The van der Waals surface area contributed by atoms with E-state index in [1.54, 1.807) is 0 Å². The quantitative estimate of drug-likeness (QED) is 0.530. The summed E-state index contributed by atoms with van der Waals surface area (Å²) in [6, 6.07) is 0. The molecular weight excluding hydrogens is 126 g/mol. The fraction of sp³-hybridized carbons (Fsp3) is 1.00. The number of rotatable bonds is 0. The highest BCUT2D eigenvalue weighted by atomic mass is 16.3. The molecule has 1 aliphatic heterocycles. The average Bonchev–Trinajstić information content (AvgIpc) is 2.12. The van der Waals surface area contributed by atoms with E-state index in [2.05, 4.69) is 11.9 Å². The number of hydrogen-bond acceptors (Lipinski definition) is 2. The van der Waals surface area contributed by atoms with Gasteiger partial charge < -0.3 is 10.0 Å². The minimum atomic E-state index is 0.00343. The van der Waals surface area contributed by atoms with E-state index >= 15 is 0 Å². The molecule has 1 aliphatic carbocycles. The van der Waals surface area contributed by atoms with Gasteiger partial charge in [0.05, 0.1) is 6.10 Å². The SMILES string of the molecule is CN1CC2(CCCC2O)C1. The molecule has 1 N–H and O–H groups in total.